The fourth-order valence-corrected chi connectivity index (χ4v) is 2.15. The van der Waals surface area contributed by atoms with E-state index < -0.39 is 0 Å². The van der Waals surface area contributed by atoms with Crippen LogP contribution in [0.15, 0.2) is 30.5 Å². The van der Waals surface area contributed by atoms with Gasteiger partial charge in [-0.1, -0.05) is 24.3 Å². The van der Waals surface area contributed by atoms with Gasteiger partial charge >= 0.3 is 0 Å². The molecule has 0 atom stereocenters. The first-order chi connectivity index (χ1) is 8.38. The summed E-state index contributed by atoms with van der Waals surface area (Å²) in [5.41, 5.74) is 10.2. The van der Waals surface area contributed by atoms with E-state index in [0.29, 0.717) is 19.0 Å². The number of fused-ring (bicyclic) bond motifs is 3. The summed E-state index contributed by atoms with van der Waals surface area (Å²) < 4.78 is 0. The summed E-state index contributed by atoms with van der Waals surface area (Å²) in [5.74, 6) is 0.658. The lowest BCUT2D eigenvalue weighted by atomic mass is 10.1. The Balaban J connectivity index is 1.99. The van der Waals surface area contributed by atoms with E-state index in [9.17, 15) is 0 Å². The Morgan fingerprint density at radius 2 is 2.12 bits per heavy atom. The van der Waals surface area contributed by atoms with Crippen molar-refractivity contribution in [3.63, 3.8) is 0 Å². The zero-order chi connectivity index (χ0) is 11.7. The molecule has 4 heteroatoms. The number of benzene rings is 1. The van der Waals surface area contributed by atoms with Gasteiger partial charge in [-0.05, 0) is 5.56 Å². The first kappa shape index (κ1) is 10.2. The average molecular weight is 226 g/mol. The second-order valence-electron chi connectivity index (χ2n) is 4.12. The van der Waals surface area contributed by atoms with Gasteiger partial charge in [-0.15, -0.1) is 0 Å². The zero-order valence-electron chi connectivity index (χ0n) is 9.48. The third-order valence-corrected chi connectivity index (χ3v) is 2.95. The van der Waals surface area contributed by atoms with Gasteiger partial charge in [-0.25, -0.2) is 9.97 Å². The number of aromatic nitrogens is 2. The highest BCUT2D eigenvalue weighted by Crippen LogP contribution is 2.34. The number of nitrogens with two attached hydrogens (primary N) is 1. The molecule has 17 heavy (non-hydrogen) atoms. The van der Waals surface area contributed by atoms with Crippen molar-refractivity contribution in [2.24, 2.45) is 5.73 Å². The minimum atomic E-state index is 0.580. The Labute approximate surface area is 99.9 Å². The van der Waals surface area contributed by atoms with Gasteiger partial charge in [0.1, 0.15) is 0 Å². The maximum atomic E-state index is 5.45. The summed E-state index contributed by atoms with van der Waals surface area (Å²) in [6.07, 6.45) is 2.84. The van der Waals surface area contributed by atoms with E-state index in [-0.39, 0.29) is 0 Å². The predicted molar refractivity (Wildman–Crippen MR) is 67.8 cm³/mol. The van der Waals surface area contributed by atoms with Crippen LogP contribution in [-0.2, 0) is 6.42 Å². The molecule has 0 unspecified atom stereocenters. The Hall–Kier alpha value is -1.94. The highest BCUT2D eigenvalue weighted by Gasteiger charge is 2.19. The molecule has 1 heterocycles. The van der Waals surface area contributed by atoms with Crippen LogP contribution in [0, 0.1) is 0 Å². The van der Waals surface area contributed by atoms with Crippen LogP contribution in [-0.4, -0.2) is 23.1 Å². The van der Waals surface area contributed by atoms with E-state index >= 15 is 0 Å². The topological polar surface area (TPSA) is 63.8 Å². The van der Waals surface area contributed by atoms with Crippen LogP contribution in [0.3, 0.4) is 0 Å². The van der Waals surface area contributed by atoms with Crippen LogP contribution in [0.25, 0.3) is 11.3 Å². The summed E-state index contributed by atoms with van der Waals surface area (Å²) >= 11 is 0. The molecule has 0 saturated carbocycles. The molecule has 0 bridgehead atoms. The first-order valence-electron chi connectivity index (χ1n) is 5.76. The van der Waals surface area contributed by atoms with E-state index in [4.69, 9.17) is 5.73 Å². The Kier molecular flexibility index (Phi) is 2.49. The van der Waals surface area contributed by atoms with Gasteiger partial charge in [0.2, 0.25) is 5.95 Å². The van der Waals surface area contributed by atoms with Crippen molar-refractivity contribution in [3.8, 4) is 11.3 Å². The lowest BCUT2D eigenvalue weighted by Gasteiger charge is -2.05. The molecule has 0 fully saturated rings. The number of hydrogen-bond donors (Lipinski definition) is 2. The standard InChI is InChI=1S/C13H14N4/c14-5-6-15-13-16-8-10-7-9-3-1-2-4-11(9)12(10)17-13/h1-4,8H,5-7,14H2,(H,15,16,17). The molecule has 86 valence electrons. The molecule has 4 nitrogen and oxygen atoms in total. The third-order valence-electron chi connectivity index (χ3n) is 2.95. The summed E-state index contributed by atoms with van der Waals surface area (Å²) in [7, 11) is 0. The molecule has 1 aromatic heterocycles. The minimum absolute atomic E-state index is 0.580. The van der Waals surface area contributed by atoms with Crippen molar-refractivity contribution in [2.75, 3.05) is 18.4 Å². The first-order valence-corrected chi connectivity index (χ1v) is 5.76. The van der Waals surface area contributed by atoms with E-state index in [1.807, 2.05) is 12.3 Å². The SMILES string of the molecule is NCCNc1ncc2c(n1)-c1ccccc1C2. The van der Waals surface area contributed by atoms with Gasteiger partial charge in [0.15, 0.2) is 0 Å². The monoisotopic (exact) mass is 226 g/mol. The molecule has 0 aliphatic heterocycles. The van der Waals surface area contributed by atoms with Crippen LogP contribution < -0.4 is 11.1 Å². The summed E-state index contributed by atoms with van der Waals surface area (Å²) in [6.45, 7) is 1.28. The van der Waals surface area contributed by atoms with Gasteiger partial charge in [0.05, 0.1) is 5.69 Å². The van der Waals surface area contributed by atoms with E-state index in [1.54, 1.807) is 0 Å². The highest BCUT2D eigenvalue weighted by atomic mass is 15.1. The van der Waals surface area contributed by atoms with E-state index in [2.05, 4.69) is 33.5 Å². The number of nitrogens with zero attached hydrogens (tertiary/aromatic N) is 2. The molecule has 2 aromatic rings. The van der Waals surface area contributed by atoms with E-state index in [1.165, 1.54) is 16.7 Å². The van der Waals surface area contributed by atoms with Gasteiger partial charge in [0, 0.05) is 36.8 Å². The Morgan fingerprint density at radius 3 is 3.00 bits per heavy atom. The Bertz CT molecular complexity index is 551. The minimum Gasteiger partial charge on any atom is -0.353 e. The van der Waals surface area contributed by atoms with Crippen molar-refractivity contribution < 1.29 is 0 Å². The molecule has 1 aliphatic carbocycles. The lowest BCUT2D eigenvalue weighted by molar-refractivity contribution is 0.986. The number of anilines is 1. The maximum Gasteiger partial charge on any atom is 0.223 e. The van der Waals surface area contributed by atoms with Crippen LogP contribution in [0.4, 0.5) is 5.95 Å². The highest BCUT2D eigenvalue weighted by molar-refractivity contribution is 5.73. The molecular formula is C13H14N4. The molecule has 0 radical (unpaired) electrons. The smallest absolute Gasteiger partial charge is 0.223 e. The van der Waals surface area contributed by atoms with Crippen LogP contribution in [0.1, 0.15) is 11.1 Å². The second kappa shape index (κ2) is 4.14. The number of rotatable bonds is 3. The van der Waals surface area contributed by atoms with Crippen molar-refractivity contribution in [3.05, 3.63) is 41.6 Å². The van der Waals surface area contributed by atoms with Crippen molar-refractivity contribution in [1.29, 1.82) is 0 Å². The fraction of sp³-hybridized carbons (Fsp3) is 0.231. The maximum absolute atomic E-state index is 5.45. The quantitative estimate of drug-likeness (QED) is 0.709. The van der Waals surface area contributed by atoms with Crippen LogP contribution >= 0.6 is 0 Å². The van der Waals surface area contributed by atoms with Gasteiger partial charge < -0.3 is 11.1 Å². The van der Waals surface area contributed by atoms with E-state index in [0.717, 1.165) is 12.1 Å². The van der Waals surface area contributed by atoms with Gasteiger partial charge in [-0.3, -0.25) is 0 Å². The van der Waals surface area contributed by atoms with Crippen molar-refractivity contribution in [2.45, 2.75) is 6.42 Å². The summed E-state index contributed by atoms with van der Waals surface area (Å²) in [6, 6.07) is 8.36. The Morgan fingerprint density at radius 1 is 1.24 bits per heavy atom. The number of hydrogen-bond acceptors (Lipinski definition) is 4. The molecular weight excluding hydrogens is 212 g/mol. The lowest BCUT2D eigenvalue weighted by Crippen LogP contribution is -2.15. The normalized spacial score (nSPS) is 12.1. The number of nitrogens with one attached hydrogen (secondary N) is 1. The molecule has 3 N–H and O–H groups in total. The largest absolute Gasteiger partial charge is 0.353 e. The third kappa shape index (κ3) is 1.76. The van der Waals surface area contributed by atoms with Crippen molar-refractivity contribution in [1.82, 2.24) is 9.97 Å². The summed E-state index contributed by atoms with van der Waals surface area (Å²) in [4.78, 5) is 8.85. The molecule has 0 amide bonds. The van der Waals surface area contributed by atoms with Gasteiger partial charge in [0.25, 0.3) is 0 Å². The van der Waals surface area contributed by atoms with Crippen molar-refractivity contribution >= 4 is 5.95 Å². The molecule has 3 rings (SSSR count). The fourth-order valence-electron chi connectivity index (χ4n) is 2.15. The summed E-state index contributed by atoms with van der Waals surface area (Å²) in [5, 5.41) is 3.11. The average Bonchev–Trinajstić information content (AvgIpc) is 2.74. The molecule has 0 spiro atoms. The predicted octanol–water partition coefficient (Wildman–Crippen LogP) is 1.42. The molecule has 0 saturated heterocycles. The molecule has 1 aromatic carbocycles. The van der Waals surface area contributed by atoms with Crippen LogP contribution in [0.2, 0.25) is 0 Å². The zero-order valence-corrected chi connectivity index (χ0v) is 9.48. The molecule has 1 aliphatic rings. The van der Waals surface area contributed by atoms with Gasteiger partial charge in [-0.2, -0.15) is 0 Å². The van der Waals surface area contributed by atoms with Crippen LogP contribution in [0.5, 0.6) is 0 Å². The second-order valence-corrected chi connectivity index (χ2v) is 4.12.